The number of phenolic OH excluding ortho intramolecular Hbond substituents is 2. The van der Waals surface area contributed by atoms with Crippen LogP contribution in [-0.4, -0.2) is 59.0 Å². The van der Waals surface area contributed by atoms with Crippen molar-refractivity contribution in [3.05, 3.63) is 46.5 Å². The lowest BCUT2D eigenvalue weighted by atomic mass is 9.99. The molecule has 2 N–H and O–H groups in total. The number of allylic oxidation sites excluding steroid dienone is 3. The van der Waals surface area contributed by atoms with E-state index in [-0.39, 0.29) is 47.4 Å². The molecule has 2 aliphatic heterocycles. The molecule has 1 aromatic carbocycles. The number of oxime groups is 1. The summed E-state index contributed by atoms with van der Waals surface area (Å²) < 4.78 is 5.27. The third kappa shape index (κ3) is 6.99. The minimum Gasteiger partial charge on any atom is -0.507 e. The molecule has 2 aliphatic rings. The number of phenols is 2. The Morgan fingerprint density at radius 1 is 1.09 bits per heavy atom. The van der Waals surface area contributed by atoms with Crippen LogP contribution in [-0.2, 0) is 20.8 Å². The molecule has 178 valence electrons. The number of benzene rings is 1. The predicted molar refractivity (Wildman–Crippen MR) is 125 cm³/mol. The third-order valence-corrected chi connectivity index (χ3v) is 5.88. The highest BCUT2D eigenvalue weighted by molar-refractivity contribution is 6.33. The van der Waals surface area contributed by atoms with Crippen LogP contribution in [0.1, 0.15) is 54.4 Å². The molecule has 33 heavy (non-hydrogen) atoms. The zero-order chi connectivity index (χ0) is 23.6. The Kier molecular flexibility index (Phi) is 9.18. The van der Waals surface area contributed by atoms with E-state index in [0.29, 0.717) is 12.1 Å². The van der Waals surface area contributed by atoms with E-state index in [4.69, 9.17) is 21.2 Å². The second kappa shape index (κ2) is 12.3. The zero-order valence-electron chi connectivity index (χ0n) is 18.5. The lowest BCUT2D eigenvalue weighted by Gasteiger charge is -2.26. The van der Waals surface area contributed by atoms with Gasteiger partial charge in [0, 0.05) is 25.6 Å². The van der Waals surface area contributed by atoms with Gasteiger partial charge in [-0.05, 0) is 50.2 Å². The number of nitrogens with zero attached hydrogens (tertiary/aromatic N) is 2. The fourth-order valence-electron chi connectivity index (χ4n) is 3.72. The summed E-state index contributed by atoms with van der Waals surface area (Å²) in [6.45, 7) is 1.38. The maximum absolute atomic E-state index is 12.7. The van der Waals surface area contributed by atoms with Crippen LogP contribution in [0.5, 0.6) is 11.5 Å². The largest absolute Gasteiger partial charge is 0.507 e. The number of halogens is 1. The van der Waals surface area contributed by atoms with Crippen molar-refractivity contribution in [3.8, 4) is 11.5 Å². The van der Waals surface area contributed by atoms with Crippen LogP contribution in [0.25, 0.3) is 0 Å². The first-order chi connectivity index (χ1) is 16.0. The minimum absolute atomic E-state index is 0.0184. The molecular weight excluding hydrogens is 448 g/mol. The van der Waals surface area contributed by atoms with Gasteiger partial charge in [-0.3, -0.25) is 4.79 Å². The Labute approximate surface area is 198 Å². The van der Waals surface area contributed by atoms with Crippen LogP contribution in [0.4, 0.5) is 0 Å². The summed E-state index contributed by atoms with van der Waals surface area (Å²) in [7, 11) is 0. The molecule has 0 saturated carbocycles. The summed E-state index contributed by atoms with van der Waals surface area (Å²) >= 11 is 6.29. The molecule has 1 fully saturated rings. The molecule has 0 aromatic heterocycles. The molecule has 9 heteroatoms. The van der Waals surface area contributed by atoms with Crippen molar-refractivity contribution in [2.45, 2.75) is 44.9 Å². The topological polar surface area (TPSA) is 109 Å². The molecule has 0 spiro atoms. The number of hydrogen-bond acceptors (Lipinski definition) is 7. The SMILES string of the molecule is O=C1OCC/C=C/CC/C=C/C(=N\OCC(=O)N2CCCCC2)Cc2c(Cl)c(O)cc(O)c21. The number of esters is 1. The van der Waals surface area contributed by atoms with Crippen LogP contribution in [0.2, 0.25) is 5.02 Å². The van der Waals surface area contributed by atoms with Crippen molar-refractivity contribution in [3.63, 3.8) is 0 Å². The van der Waals surface area contributed by atoms with Gasteiger partial charge in [-0.1, -0.05) is 35.0 Å². The number of fused-ring (bicyclic) bond motifs is 1. The number of rotatable bonds is 3. The first kappa shape index (κ1) is 24.6. The van der Waals surface area contributed by atoms with Gasteiger partial charge in [0.25, 0.3) is 5.91 Å². The van der Waals surface area contributed by atoms with Crippen LogP contribution < -0.4 is 0 Å². The van der Waals surface area contributed by atoms with E-state index in [1.807, 2.05) is 18.2 Å². The summed E-state index contributed by atoms with van der Waals surface area (Å²) in [5.74, 6) is -1.69. The average Bonchev–Trinajstić information content (AvgIpc) is 2.80. The smallest absolute Gasteiger partial charge is 0.342 e. The molecule has 0 aliphatic carbocycles. The zero-order valence-corrected chi connectivity index (χ0v) is 19.2. The lowest BCUT2D eigenvalue weighted by molar-refractivity contribution is -0.137. The van der Waals surface area contributed by atoms with Crippen molar-refractivity contribution < 1.29 is 29.4 Å². The third-order valence-electron chi connectivity index (χ3n) is 5.46. The Hall–Kier alpha value is -3.00. The molecule has 0 unspecified atom stereocenters. The van der Waals surface area contributed by atoms with Crippen LogP contribution in [0, 0.1) is 0 Å². The first-order valence-electron chi connectivity index (χ1n) is 11.2. The predicted octanol–water partition coefficient (Wildman–Crippen LogP) is 4.13. The van der Waals surface area contributed by atoms with Gasteiger partial charge in [0.2, 0.25) is 0 Å². The highest BCUT2D eigenvalue weighted by Gasteiger charge is 2.24. The molecule has 3 rings (SSSR count). The molecule has 1 amide bonds. The van der Waals surface area contributed by atoms with Gasteiger partial charge in [-0.25, -0.2) is 4.79 Å². The van der Waals surface area contributed by atoms with E-state index in [2.05, 4.69) is 5.16 Å². The first-order valence-corrected chi connectivity index (χ1v) is 11.5. The van der Waals surface area contributed by atoms with E-state index < -0.39 is 11.7 Å². The maximum atomic E-state index is 12.7. The molecule has 0 radical (unpaired) electrons. The summed E-state index contributed by atoms with van der Waals surface area (Å²) in [6, 6.07) is 1.01. The summed E-state index contributed by atoms with van der Waals surface area (Å²) in [5, 5.41) is 24.5. The number of likely N-dealkylation sites (tertiary alicyclic amines) is 1. The molecule has 1 aromatic rings. The molecular formula is C24H29ClN2O6. The quantitative estimate of drug-likeness (QED) is 0.385. The van der Waals surface area contributed by atoms with Crippen LogP contribution >= 0.6 is 11.6 Å². The fraction of sp³-hybridized carbons (Fsp3) is 0.458. The fourth-order valence-corrected chi connectivity index (χ4v) is 3.94. The number of cyclic esters (lactones) is 1. The van der Waals surface area contributed by atoms with E-state index in [0.717, 1.165) is 51.3 Å². The van der Waals surface area contributed by atoms with E-state index in [9.17, 15) is 19.8 Å². The molecule has 0 atom stereocenters. The van der Waals surface area contributed by atoms with Gasteiger partial charge in [-0.15, -0.1) is 0 Å². The van der Waals surface area contributed by atoms with Crippen molar-refractivity contribution >= 4 is 29.2 Å². The summed E-state index contributed by atoms with van der Waals surface area (Å²) in [5.41, 5.74) is 0.411. The number of amides is 1. The number of carbonyl (C=O) groups is 2. The number of aromatic hydroxyl groups is 2. The van der Waals surface area contributed by atoms with Gasteiger partial charge >= 0.3 is 5.97 Å². The average molecular weight is 477 g/mol. The minimum atomic E-state index is -0.751. The van der Waals surface area contributed by atoms with Crippen molar-refractivity contribution in [2.24, 2.45) is 5.16 Å². The van der Waals surface area contributed by atoms with Gasteiger partial charge in [0.15, 0.2) is 6.61 Å². The Balaban J connectivity index is 1.86. The number of piperidine rings is 1. The molecule has 2 heterocycles. The Morgan fingerprint density at radius 3 is 2.61 bits per heavy atom. The van der Waals surface area contributed by atoms with Crippen molar-refractivity contribution in [2.75, 3.05) is 26.3 Å². The molecule has 0 bridgehead atoms. The van der Waals surface area contributed by atoms with Crippen molar-refractivity contribution in [1.82, 2.24) is 4.90 Å². The van der Waals surface area contributed by atoms with Gasteiger partial charge in [0.1, 0.15) is 17.1 Å². The van der Waals surface area contributed by atoms with E-state index in [1.54, 1.807) is 11.0 Å². The second-order valence-corrected chi connectivity index (χ2v) is 8.31. The number of ether oxygens (including phenoxy) is 1. The standard InChI is InChI=1S/C24H29ClN2O6/c25-23-18-14-17(26-33-16-21(30)27-11-7-5-8-12-27)10-6-3-1-2-4-9-13-32-24(31)22(18)19(28)15-20(23)29/h2,4,6,10,15,28-29H,1,3,5,7-9,11-14,16H2/b4-2+,10-6+,26-17+. The Bertz CT molecular complexity index is 951. The second-order valence-electron chi connectivity index (χ2n) is 7.93. The van der Waals surface area contributed by atoms with E-state index >= 15 is 0 Å². The Morgan fingerprint density at radius 2 is 1.82 bits per heavy atom. The lowest BCUT2D eigenvalue weighted by Crippen LogP contribution is -2.37. The van der Waals surface area contributed by atoms with Crippen LogP contribution in [0.15, 0.2) is 35.5 Å². The van der Waals surface area contributed by atoms with Gasteiger partial charge in [0.05, 0.1) is 17.3 Å². The van der Waals surface area contributed by atoms with Crippen molar-refractivity contribution in [1.29, 1.82) is 0 Å². The molecule has 8 nitrogen and oxygen atoms in total. The maximum Gasteiger partial charge on any atom is 0.342 e. The highest BCUT2D eigenvalue weighted by atomic mass is 35.5. The van der Waals surface area contributed by atoms with Crippen LogP contribution in [0.3, 0.4) is 0 Å². The normalized spacial score (nSPS) is 20.9. The highest BCUT2D eigenvalue weighted by Crippen LogP contribution is 2.37. The van der Waals surface area contributed by atoms with Gasteiger partial charge in [-0.2, -0.15) is 0 Å². The van der Waals surface area contributed by atoms with E-state index in [1.165, 1.54) is 0 Å². The monoisotopic (exact) mass is 476 g/mol. The number of carbonyl (C=O) groups excluding carboxylic acids is 2. The van der Waals surface area contributed by atoms with Gasteiger partial charge < -0.3 is 24.7 Å². The molecule has 1 saturated heterocycles. The number of hydrogen-bond donors (Lipinski definition) is 2. The summed E-state index contributed by atoms with van der Waals surface area (Å²) in [4.78, 5) is 32.1. The summed E-state index contributed by atoms with van der Waals surface area (Å²) in [6.07, 6.45) is 12.7.